The van der Waals surface area contributed by atoms with Crippen molar-refractivity contribution in [2.75, 3.05) is 18.5 Å². The van der Waals surface area contributed by atoms with Gasteiger partial charge < -0.3 is 15.0 Å². The van der Waals surface area contributed by atoms with Crippen molar-refractivity contribution in [3.8, 4) is 5.69 Å². The third kappa shape index (κ3) is 5.25. The van der Waals surface area contributed by atoms with Crippen molar-refractivity contribution >= 4 is 11.7 Å². The smallest absolute Gasteiger partial charge is 0.376 e. The fourth-order valence-electron chi connectivity index (χ4n) is 3.60. The predicted octanol–water partition coefficient (Wildman–Crippen LogP) is 4.50. The van der Waals surface area contributed by atoms with E-state index in [2.05, 4.69) is 15.4 Å². The van der Waals surface area contributed by atoms with Crippen molar-refractivity contribution in [3.63, 3.8) is 0 Å². The maximum atomic E-state index is 13.8. The number of carbonyl (C=O) groups excluding carboxylic acids is 1. The summed E-state index contributed by atoms with van der Waals surface area (Å²) in [4.78, 5) is 18.6. The van der Waals surface area contributed by atoms with Crippen LogP contribution in [0, 0.1) is 0 Å². The minimum atomic E-state index is -4.66. The number of anilines is 1. The number of amides is 2. The molecule has 0 radical (unpaired) electrons. The summed E-state index contributed by atoms with van der Waals surface area (Å²) < 4.78 is 48.3. The number of carbonyl (C=O) groups is 1. The van der Waals surface area contributed by atoms with Gasteiger partial charge in [-0.05, 0) is 48.7 Å². The van der Waals surface area contributed by atoms with E-state index < -0.39 is 17.8 Å². The lowest BCUT2D eigenvalue weighted by Gasteiger charge is -2.26. The van der Waals surface area contributed by atoms with Gasteiger partial charge in [0.25, 0.3) is 0 Å². The van der Waals surface area contributed by atoms with Crippen LogP contribution in [0.25, 0.3) is 5.69 Å². The van der Waals surface area contributed by atoms with Crippen molar-refractivity contribution in [1.82, 2.24) is 19.7 Å². The highest BCUT2D eigenvalue weighted by molar-refractivity contribution is 5.90. The number of hydrogen-bond donors (Lipinski definition) is 1. The molecule has 4 rings (SSSR count). The number of nitrogens with zero attached hydrogens (tertiary/aromatic N) is 4. The summed E-state index contributed by atoms with van der Waals surface area (Å²) in [6.45, 7) is 1.08. The topological polar surface area (TPSA) is 72.3 Å². The lowest BCUT2D eigenvalue weighted by molar-refractivity contribution is -0.136. The molecule has 2 amide bonds. The highest BCUT2D eigenvalue weighted by Gasteiger charge is 2.35. The average molecular weight is 445 g/mol. The molecule has 0 spiro atoms. The fourth-order valence-corrected chi connectivity index (χ4v) is 3.60. The van der Waals surface area contributed by atoms with Gasteiger partial charge in [-0.15, -0.1) is 0 Å². The van der Waals surface area contributed by atoms with Crippen molar-refractivity contribution < 1.29 is 22.7 Å². The van der Waals surface area contributed by atoms with E-state index in [-0.39, 0.29) is 30.6 Å². The van der Waals surface area contributed by atoms with Crippen molar-refractivity contribution in [3.05, 3.63) is 72.3 Å². The Kier molecular flexibility index (Phi) is 6.40. The van der Waals surface area contributed by atoms with E-state index in [4.69, 9.17) is 4.74 Å². The van der Waals surface area contributed by atoms with Crippen LogP contribution in [0.4, 0.5) is 23.7 Å². The first-order valence-corrected chi connectivity index (χ1v) is 10.2. The minimum Gasteiger partial charge on any atom is -0.376 e. The molecule has 1 aliphatic rings. The lowest BCUT2D eigenvalue weighted by atomic mass is 10.1. The number of nitrogens with one attached hydrogen (secondary N) is 1. The summed E-state index contributed by atoms with van der Waals surface area (Å²) in [5, 5.41) is 6.41. The molecule has 10 heteroatoms. The van der Waals surface area contributed by atoms with E-state index in [1.807, 2.05) is 6.07 Å². The van der Waals surface area contributed by atoms with Crippen molar-refractivity contribution in [1.29, 1.82) is 0 Å². The molecule has 2 aromatic heterocycles. The quantitative estimate of drug-likeness (QED) is 0.607. The van der Waals surface area contributed by atoms with Crippen LogP contribution in [-0.2, 0) is 17.5 Å². The standard InChI is InChI=1S/C22H22F3N5O2/c23-22(24,25)19-12-17(30-10-3-9-27-30)6-7-20(19)28-21(31)29(15-18-5-2-11-32-18)14-16-4-1-8-26-13-16/h1,3-4,6-10,12-13,18H,2,5,11,14-15H2,(H,28,31). The summed E-state index contributed by atoms with van der Waals surface area (Å²) in [5.74, 6) is 0. The Morgan fingerprint density at radius 1 is 1.25 bits per heavy atom. The number of hydrogen-bond acceptors (Lipinski definition) is 4. The SMILES string of the molecule is O=C(Nc1ccc(-n2cccn2)cc1C(F)(F)F)N(Cc1cccnc1)CC1CCCO1. The zero-order valence-electron chi connectivity index (χ0n) is 17.1. The molecule has 0 bridgehead atoms. The monoisotopic (exact) mass is 445 g/mol. The number of alkyl halides is 3. The van der Waals surface area contributed by atoms with E-state index in [1.165, 1.54) is 27.9 Å². The molecule has 1 N–H and O–H groups in total. The van der Waals surface area contributed by atoms with Crippen molar-refractivity contribution in [2.45, 2.75) is 31.7 Å². The summed E-state index contributed by atoms with van der Waals surface area (Å²) in [6, 6.07) is 8.21. The summed E-state index contributed by atoms with van der Waals surface area (Å²) in [6.07, 6.45) is 3.13. The Labute approximate surface area is 182 Å². The highest BCUT2D eigenvalue weighted by atomic mass is 19.4. The molecule has 3 heterocycles. The Morgan fingerprint density at radius 3 is 2.78 bits per heavy atom. The van der Waals surface area contributed by atoms with Crippen LogP contribution >= 0.6 is 0 Å². The van der Waals surface area contributed by atoms with Gasteiger partial charge in [-0.25, -0.2) is 9.48 Å². The molecular weight excluding hydrogens is 423 g/mol. The van der Waals surface area contributed by atoms with Crippen molar-refractivity contribution in [2.24, 2.45) is 0 Å². The Morgan fingerprint density at radius 2 is 2.12 bits per heavy atom. The Balaban J connectivity index is 1.58. The molecule has 1 fully saturated rings. The molecule has 1 saturated heterocycles. The third-order valence-electron chi connectivity index (χ3n) is 5.15. The zero-order valence-corrected chi connectivity index (χ0v) is 17.1. The van der Waals surface area contributed by atoms with Gasteiger partial charge in [-0.1, -0.05) is 6.07 Å². The van der Waals surface area contributed by atoms with E-state index in [1.54, 1.807) is 30.7 Å². The number of urea groups is 1. The largest absolute Gasteiger partial charge is 0.418 e. The zero-order chi connectivity index (χ0) is 22.6. The first-order valence-electron chi connectivity index (χ1n) is 10.2. The Bertz CT molecular complexity index is 1040. The van der Waals surface area contributed by atoms with E-state index in [0.717, 1.165) is 24.5 Å². The number of aromatic nitrogens is 3. The van der Waals surface area contributed by atoms with Crippen LogP contribution in [0.15, 0.2) is 61.2 Å². The maximum Gasteiger partial charge on any atom is 0.418 e. The molecular formula is C22H22F3N5O2. The first kappa shape index (κ1) is 21.8. The van der Waals surface area contributed by atoms with E-state index in [0.29, 0.717) is 6.61 Å². The first-order chi connectivity index (χ1) is 15.4. The average Bonchev–Trinajstić information content (AvgIpc) is 3.48. The van der Waals surface area contributed by atoms with Gasteiger partial charge in [0.1, 0.15) is 0 Å². The predicted molar refractivity (Wildman–Crippen MR) is 111 cm³/mol. The molecule has 0 aliphatic carbocycles. The highest BCUT2D eigenvalue weighted by Crippen LogP contribution is 2.36. The number of ether oxygens (including phenoxy) is 1. The van der Waals surface area contributed by atoms with Crippen LogP contribution in [0.1, 0.15) is 24.0 Å². The van der Waals surface area contributed by atoms with Crippen LogP contribution in [0.2, 0.25) is 0 Å². The van der Waals surface area contributed by atoms with Gasteiger partial charge in [-0.2, -0.15) is 18.3 Å². The van der Waals surface area contributed by atoms with Gasteiger partial charge in [-0.3, -0.25) is 4.98 Å². The van der Waals surface area contributed by atoms with Crippen LogP contribution < -0.4 is 5.32 Å². The van der Waals surface area contributed by atoms with Gasteiger partial charge in [0.15, 0.2) is 0 Å². The van der Waals surface area contributed by atoms with Crippen LogP contribution in [-0.4, -0.2) is 45.0 Å². The molecule has 32 heavy (non-hydrogen) atoms. The van der Waals surface area contributed by atoms with Crippen LogP contribution in [0.3, 0.4) is 0 Å². The molecule has 168 valence electrons. The number of rotatable bonds is 6. The second kappa shape index (κ2) is 9.39. The van der Waals surface area contributed by atoms with Gasteiger partial charge in [0, 0.05) is 44.5 Å². The second-order valence-electron chi connectivity index (χ2n) is 7.49. The molecule has 0 saturated carbocycles. The molecule has 1 aliphatic heterocycles. The fraction of sp³-hybridized carbons (Fsp3) is 0.318. The van der Waals surface area contributed by atoms with E-state index >= 15 is 0 Å². The van der Waals surface area contributed by atoms with Crippen LogP contribution in [0.5, 0.6) is 0 Å². The van der Waals surface area contributed by atoms with Gasteiger partial charge >= 0.3 is 12.2 Å². The summed E-state index contributed by atoms with van der Waals surface area (Å²) in [5.41, 5.74) is -0.253. The molecule has 1 unspecified atom stereocenters. The number of benzene rings is 1. The molecule has 1 atom stereocenters. The number of pyridine rings is 1. The maximum absolute atomic E-state index is 13.8. The summed E-state index contributed by atoms with van der Waals surface area (Å²) >= 11 is 0. The minimum absolute atomic E-state index is 0.151. The lowest BCUT2D eigenvalue weighted by Crippen LogP contribution is -2.40. The molecule has 1 aromatic carbocycles. The molecule has 3 aromatic rings. The third-order valence-corrected chi connectivity index (χ3v) is 5.15. The summed E-state index contributed by atoms with van der Waals surface area (Å²) in [7, 11) is 0. The second-order valence-corrected chi connectivity index (χ2v) is 7.49. The van der Waals surface area contributed by atoms with Gasteiger partial charge in [0.05, 0.1) is 23.0 Å². The van der Waals surface area contributed by atoms with E-state index in [9.17, 15) is 18.0 Å². The normalized spacial score (nSPS) is 16.2. The van der Waals surface area contributed by atoms with Gasteiger partial charge in [0.2, 0.25) is 0 Å². The Hall–Kier alpha value is -3.40. The molecule has 7 nitrogen and oxygen atoms in total. The number of halogens is 3.